The summed E-state index contributed by atoms with van der Waals surface area (Å²) in [6.07, 6.45) is 4.70. The first-order valence-corrected chi connectivity index (χ1v) is 12.4. The van der Waals surface area contributed by atoms with Gasteiger partial charge in [-0.2, -0.15) is 0 Å². The van der Waals surface area contributed by atoms with Crippen LogP contribution in [0.1, 0.15) is 15.9 Å². The Bertz CT molecular complexity index is 344. The monoisotopic (exact) mass is 234 g/mol. The molecule has 1 aromatic rings. The van der Waals surface area contributed by atoms with Gasteiger partial charge in [0.1, 0.15) is 0 Å². The summed E-state index contributed by atoms with van der Waals surface area (Å²) in [5.41, 5.74) is 3.00. The Morgan fingerprint density at radius 2 is 1.77 bits per heavy atom. The third-order valence-corrected chi connectivity index (χ3v) is 7.70. The van der Waals surface area contributed by atoms with Crippen LogP contribution >= 0.6 is 0 Å². The summed E-state index contributed by atoms with van der Waals surface area (Å²) < 4.78 is 0.774. The fraction of sp³-hybridized carbons (Fsp3) is 0.333. The Labute approximate surface area is 83.0 Å². The van der Waals surface area contributed by atoms with Crippen LogP contribution in [-0.2, 0) is 0 Å². The van der Waals surface area contributed by atoms with Crippen molar-refractivity contribution in [3.05, 3.63) is 41.5 Å². The van der Waals surface area contributed by atoms with Gasteiger partial charge in [0.05, 0.1) is 0 Å². The van der Waals surface area contributed by atoms with Gasteiger partial charge < -0.3 is 0 Å². The number of hydrogen-bond donors (Lipinski definition) is 0. The first-order valence-electron chi connectivity index (χ1n) is 4.86. The maximum absolute atomic E-state index is 2.48. The molecule has 1 aliphatic carbocycles. The van der Waals surface area contributed by atoms with Gasteiger partial charge in [0.2, 0.25) is 0 Å². The molecule has 1 unspecified atom stereocenters. The third kappa shape index (κ3) is 1.60. The predicted molar refractivity (Wildman–Crippen MR) is 61.6 cm³/mol. The van der Waals surface area contributed by atoms with E-state index in [0.717, 1.165) is 4.75 Å². The van der Waals surface area contributed by atoms with Crippen LogP contribution in [0.25, 0.3) is 6.08 Å². The van der Waals surface area contributed by atoms with E-state index in [4.69, 9.17) is 0 Å². The van der Waals surface area contributed by atoms with E-state index in [0.29, 0.717) is 0 Å². The molecule has 0 fully saturated rings. The fourth-order valence-electron chi connectivity index (χ4n) is 2.00. The summed E-state index contributed by atoms with van der Waals surface area (Å²) in [4.78, 5) is 0. The van der Waals surface area contributed by atoms with Crippen LogP contribution in [0.15, 0.2) is 30.3 Å². The SMILES string of the molecule is [CH3][Ge]([CH3])([CH3])[CH]1C=Cc2ccccc21. The topological polar surface area (TPSA) is 0 Å². The van der Waals surface area contributed by atoms with Crippen molar-refractivity contribution in [2.24, 2.45) is 0 Å². The molecular weight excluding hydrogens is 217 g/mol. The fourth-order valence-corrected chi connectivity index (χ4v) is 5.93. The molecule has 2 rings (SSSR count). The van der Waals surface area contributed by atoms with Crippen molar-refractivity contribution >= 4 is 19.3 Å². The quantitative estimate of drug-likeness (QED) is 0.649. The van der Waals surface area contributed by atoms with Crippen LogP contribution in [0.4, 0.5) is 0 Å². The van der Waals surface area contributed by atoms with Crippen molar-refractivity contribution in [1.29, 1.82) is 0 Å². The van der Waals surface area contributed by atoms with E-state index in [1.807, 2.05) is 0 Å². The molecule has 0 aliphatic heterocycles. The van der Waals surface area contributed by atoms with E-state index in [1.165, 1.54) is 5.56 Å². The summed E-state index contributed by atoms with van der Waals surface area (Å²) in [5, 5.41) is 0. The van der Waals surface area contributed by atoms with E-state index in [9.17, 15) is 0 Å². The average Bonchev–Trinajstić information content (AvgIpc) is 2.45. The van der Waals surface area contributed by atoms with Crippen LogP contribution in [0.3, 0.4) is 0 Å². The molecule has 0 radical (unpaired) electrons. The second-order valence-electron chi connectivity index (χ2n) is 4.83. The molecule has 0 aromatic heterocycles. The van der Waals surface area contributed by atoms with E-state index in [2.05, 4.69) is 53.7 Å². The standard InChI is InChI=1S/C12H16Ge/c1-13(2,3)12-9-8-10-6-4-5-7-11(10)12/h4-9,12H,1-3H3. The number of benzene rings is 1. The molecule has 0 nitrogen and oxygen atoms in total. The molecular formula is C12H16Ge. The van der Waals surface area contributed by atoms with E-state index >= 15 is 0 Å². The Morgan fingerprint density at radius 3 is 2.46 bits per heavy atom. The molecule has 0 amide bonds. The second-order valence-corrected chi connectivity index (χ2v) is 16.1. The molecule has 0 spiro atoms. The van der Waals surface area contributed by atoms with Crippen LogP contribution in [0.2, 0.25) is 17.3 Å². The Kier molecular flexibility index (Phi) is 2.11. The number of fused-ring (bicyclic) bond motifs is 1. The summed E-state index contributed by atoms with van der Waals surface area (Å²) in [5.74, 6) is 7.45. The van der Waals surface area contributed by atoms with Crippen molar-refractivity contribution in [2.45, 2.75) is 22.0 Å². The summed E-state index contributed by atoms with van der Waals surface area (Å²) in [6.45, 7) is 0. The van der Waals surface area contributed by atoms with E-state index in [1.54, 1.807) is 5.56 Å². The Morgan fingerprint density at radius 1 is 1.08 bits per heavy atom. The molecule has 1 heteroatoms. The normalized spacial score (nSPS) is 20.4. The predicted octanol–water partition coefficient (Wildman–Crippen LogP) is 3.67. The maximum atomic E-state index is 2.48. The first-order chi connectivity index (χ1) is 6.09. The van der Waals surface area contributed by atoms with E-state index < -0.39 is 13.3 Å². The van der Waals surface area contributed by atoms with Gasteiger partial charge in [0.25, 0.3) is 0 Å². The van der Waals surface area contributed by atoms with Crippen LogP contribution in [0.5, 0.6) is 0 Å². The number of allylic oxidation sites excluding steroid dienone is 1. The van der Waals surface area contributed by atoms with Gasteiger partial charge >= 0.3 is 82.8 Å². The first kappa shape index (κ1) is 9.07. The van der Waals surface area contributed by atoms with Crippen molar-refractivity contribution in [3.63, 3.8) is 0 Å². The third-order valence-electron chi connectivity index (χ3n) is 2.73. The van der Waals surface area contributed by atoms with Gasteiger partial charge in [-0.15, -0.1) is 0 Å². The van der Waals surface area contributed by atoms with Gasteiger partial charge in [-0.1, -0.05) is 0 Å². The summed E-state index contributed by atoms with van der Waals surface area (Å²) in [7, 11) is 0. The minimum atomic E-state index is -1.55. The van der Waals surface area contributed by atoms with Crippen molar-refractivity contribution in [3.8, 4) is 0 Å². The zero-order chi connectivity index (χ0) is 9.47. The van der Waals surface area contributed by atoms with Crippen molar-refractivity contribution in [2.75, 3.05) is 0 Å². The summed E-state index contributed by atoms with van der Waals surface area (Å²) >= 11 is -1.55. The summed E-state index contributed by atoms with van der Waals surface area (Å²) in [6, 6.07) is 8.80. The zero-order valence-corrected chi connectivity index (χ0v) is 10.6. The number of hydrogen-bond acceptors (Lipinski definition) is 0. The van der Waals surface area contributed by atoms with Gasteiger partial charge in [-0.05, 0) is 0 Å². The average molecular weight is 233 g/mol. The van der Waals surface area contributed by atoms with Gasteiger partial charge in [-0.25, -0.2) is 0 Å². The molecule has 1 aliphatic rings. The van der Waals surface area contributed by atoms with E-state index in [-0.39, 0.29) is 0 Å². The molecule has 1 aromatic carbocycles. The van der Waals surface area contributed by atoms with Crippen LogP contribution in [-0.4, -0.2) is 13.3 Å². The van der Waals surface area contributed by atoms with Crippen LogP contribution in [0, 0.1) is 0 Å². The molecule has 0 bridgehead atoms. The zero-order valence-electron chi connectivity index (χ0n) is 8.54. The van der Waals surface area contributed by atoms with Gasteiger partial charge in [-0.3, -0.25) is 0 Å². The van der Waals surface area contributed by atoms with Crippen molar-refractivity contribution < 1.29 is 0 Å². The Balaban J connectivity index is 2.45. The molecule has 0 saturated heterocycles. The molecule has 68 valence electrons. The molecule has 0 heterocycles. The van der Waals surface area contributed by atoms with Gasteiger partial charge in [0.15, 0.2) is 0 Å². The van der Waals surface area contributed by atoms with Gasteiger partial charge in [0, 0.05) is 0 Å². The minimum absolute atomic E-state index is 0.774. The van der Waals surface area contributed by atoms with Crippen LogP contribution < -0.4 is 0 Å². The molecule has 13 heavy (non-hydrogen) atoms. The molecule has 1 atom stereocenters. The molecule has 0 saturated carbocycles. The Hall–Kier alpha value is -0.497. The van der Waals surface area contributed by atoms with Crippen molar-refractivity contribution in [1.82, 2.24) is 0 Å². The second kappa shape index (κ2) is 3.02. The molecule has 0 N–H and O–H groups in total. The number of rotatable bonds is 1.